The van der Waals surface area contributed by atoms with Gasteiger partial charge in [-0.2, -0.15) is 0 Å². The lowest BCUT2D eigenvalue weighted by Crippen LogP contribution is -2.19. The van der Waals surface area contributed by atoms with Crippen molar-refractivity contribution < 1.29 is 0 Å². The second-order valence-corrected chi connectivity index (χ2v) is 4.60. The minimum Gasteiger partial charge on any atom is -0.374 e. The van der Waals surface area contributed by atoms with Gasteiger partial charge >= 0.3 is 0 Å². The molecule has 0 aromatic heterocycles. The molecule has 84 valence electrons. The first-order valence-corrected chi connectivity index (χ1v) is 6.67. The molecule has 1 aromatic rings. The average molecular weight is 270 g/mol. The van der Waals surface area contributed by atoms with Gasteiger partial charge in [-0.1, -0.05) is 47.0 Å². The standard InChI is InChI=1S/C13H20BrN/c1-4-5-8-15(3)13-7-6-11(2)9-12(13)10-14/h6-7,9H,4-5,8,10H2,1-3H3. The minimum absolute atomic E-state index is 0.931. The van der Waals surface area contributed by atoms with Crippen LogP contribution in [0.2, 0.25) is 0 Å². The number of rotatable bonds is 5. The van der Waals surface area contributed by atoms with E-state index in [1.165, 1.54) is 29.7 Å². The second-order valence-electron chi connectivity index (χ2n) is 4.04. The fourth-order valence-corrected chi connectivity index (χ4v) is 2.16. The van der Waals surface area contributed by atoms with E-state index < -0.39 is 0 Å². The molecule has 0 bridgehead atoms. The number of aryl methyl sites for hydroxylation is 1. The first-order valence-electron chi connectivity index (χ1n) is 5.55. The summed E-state index contributed by atoms with van der Waals surface area (Å²) in [5, 5.41) is 0.931. The molecule has 1 rings (SSSR count). The van der Waals surface area contributed by atoms with E-state index in [1.54, 1.807) is 0 Å². The Kier molecular flexibility index (Phi) is 5.16. The summed E-state index contributed by atoms with van der Waals surface area (Å²) >= 11 is 3.55. The fraction of sp³-hybridized carbons (Fsp3) is 0.538. The van der Waals surface area contributed by atoms with Crippen molar-refractivity contribution in [1.29, 1.82) is 0 Å². The molecule has 0 fully saturated rings. The lowest BCUT2D eigenvalue weighted by atomic mass is 10.1. The molecule has 15 heavy (non-hydrogen) atoms. The van der Waals surface area contributed by atoms with Crippen molar-refractivity contribution in [2.75, 3.05) is 18.5 Å². The summed E-state index contributed by atoms with van der Waals surface area (Å²) in [5.41, 5.74) is 4.07. The average Bonchev–Trinajstić information content (AvgIpc) is 2.25. The molecule has 0 radical (unpaired) electrons. The van der Waals surface area contributed by atoms with E-state index in [0.29, 0.717) is 0 Å². The molecule has 0 amide bonds. The van der Waals surface area contributed by atoms with Crippen molar-refractivity contribution >= 4 is 21.6 Å². The maximum atomic E-state index is 3.55. The molecule has 2 heteroatoms. The topological polar surface area (TPSA) is 3.24 Å². The van der Waals surface area contributed by atoms with Crippen LogP contribution in [-0.2, 0) is 5.33 Å². The molecule has 0 aliphatic heterocycles. The molecule has 0 aliphatic carbocycles. The Morgan fingerprint density at radius 3 is 2.67 bits per heavy atom. The van der Waals surface area contributed by atoms with Crippen molar-refractivity contribution in [3.05, 3.63) is 29.3 Å². The van der Waals surface area contributed by atoms with Crippen LogP contribution in [0.25, 0.3) is 0 Å². The van der Waals surface area contributed by atoms with Gasteiger partial charge in [0.1, 0.15) is 0 Å². The van der Waals surface area contributed by atoms with Crippen molar-refractivity contribution in [2.24, 2.45) is 0 Å². The van der Waals surface area contributed by atoms with Crippen molar-refractivity contribution in [3.63, 3.8) is 0 Å². The number of hydrogen-bond donors (Lipinski definition) is 0. The Labute approximate surface area is 102 Å². The highest BCUT2D eigenvalue weighted by molar-refractivity contribution is 9.08. The van der Waals surface area contributed by atoms with E-state index in [1.807, 2.05) is 0 Å². The van der Waals surface area contributed by atoms with Crippen LogP contribution in [0.3, 0.4) is 0 Å². The van der Waals surface area contributed by atoms with E-state index in [4.69, 9.17) is 0 Å². The predicted octanol–water partition coefficient (Wildman–Crippen LogP) is 4.13. The number of alkyl halides is 1. The zero-order valence-electron chi connectivity index (χ0n) is 9.89. The van der Waals surface area contributed by atoms with Crippen molar-refractivity contribution in [3.8, 4) is 0 Å². The first-order chi connectivity index (χ1) is 7.19. The minimum atomic E-state index is 0.931. The van der Waals surface area contributed by atoms with Crippen LogP contribution >= 0.6 is 15.9 Å². The maximum Gasteiger partial charge on any atom is 0.0404 e. The van der Waals surface area contributed by atoms with Crippen LogP contribution in [-0.4, -0.2) is 13.6 Å². The van der Waals surface area contributed by atoms with Gasteiger partial charge in [-0.25, -0.2) is 0 Å². The normalized spacial score (nSPS) is 10.4. The molecule has 1 nitrogen and oxygen atoms in total. The number of anilines is 1. The zero-order valence-corrected chi connectivity index (χ0v) is 11.5. The Morgan fingerprint density at radius 1 is 1.33 bits per heavy atom. The molecule has 0 spiro atoms. The van der Waals surface area contributed by atoms with Gasteiger partial charge in [0.15, 0.2) is 0 Å². The molecule has 0 N–H and O–H groups in total. The molecule has 0 aliphatic rings. The van der Waals surface area contributed by atoms with Crippen molar-refractivity contribution in [1.82, 2.24) is 0 Å². The highest BCUT2D eigenvalue weighted by Gasteiger charge is 2.05. The van der Waals surface area contributed by atoms with Gasteiger partial charge in [0.05, 0.1) is 0 Å². The summed E-state index contributed by atoms with van der Waals surface area (Å²) in [5.74, 6) is 0. The third-order valence-corrected chi connectivity index (χ3v) is 3.24. The first kappa shape index (κ1) is 12.6. The lowest BCUT2D eigenvalue weighted by molar-refractivity contribution is 0.765. The molecule has 0 saturated carbocycles. The van der Waals surface area contributed by atoms with E-state index >= 15 is 0 Å². The van der Waals surface area contributed by atoms with Crippen LogP contribution in [0.5, 0.6) is 0 Å². The molecule has 0 heterocycles. The van der Waals surface area contributed by atoms with E-state index in [9.17, 15) is 0 Å². The highest BCUT2D eigenvalue weighted by atomic mass is 79.9. The SMILES string of the molecule is CCCCN(C)c1ccc(C)cc1CBr. The molecule has 0 saturated heterocycles. The highest BCUT2D eigenvalue weighted by Crippen LogP contribution is 2.23. The summed E-state index contributed by atoms with van der Waals surface area (Å²) in [6, 6.07) is 6.66. The molecule has 1 aromatic carbocycles. The maximum absolute atomic E-state index is 3.55. The number of nitrogens with zero attached hydrogens (tertiary/aromatic N) is 1. The zero-order chi connectivity index (χ0) is 11.3. The van der Waals surface area contributed by atoms with E-state index in [-0.39, 0.29) is 0 Å². The van der Waals surface area contributed by atoms with Gasteiger partial charge in [-0.05, 0) is 25.0 Å². The van der Waals surface area contributed by atoms with Crippen LogP contribution in [0.4, 0.5) is 5.69 Å². The molecular weight excluding hydrogens is 250 g/mol. The van der Waals surface area contributed by atoms with Gasteiger partial charge in [-0.15, -0.1) is 0 Å². The quantitative estimate of drug-likeness (QED) is 0.727. The summed E-state index contributed by atoms with van der Waals surface area (Å²) in [7, 11) is 2.17. The third kappa shape index (κ3) is 3.53. The third-order valence-electron chi connectivity index (χ3n) is 2.64. The summed E-state index contributed by atoms with van der Waals surface area (Å²) in [4.78, 5) is 2.35. The number of unbranched alkanes of at least 4 members (excludes halogenated alkanes) is 1. The van der Waals surface area contributed by atoms with Crippen LogP contribution in [0.1, 0.15) is 30.9 Å². The molecule has 0 atom stereocenters. The summed E-state index contributed by atoms with van der Waals surface area (Å²) in [6.07, 6.45) is 2.51. The Hall–Kier alpha value is -0.500. The van der Waals surface area contributed by atoms with Crippen molar-refractivity contribution in [2.45, 2.75) is 32.0 Å². The monoisotopic (exact) mass is 269 g/mol. The van der Waals surface area contributed by atoms with Gasteiger partial charge in [0.25, 0.3) is 0 Å². The van der Waals surface area contributed by atoms with Crippen LogP contribution in [0.15, 0.2) is 18.2 Å². The summed E-state index contributed by atoms with van der Waals surface area (Å²) < 4.78 is 0. The largest absolute Gasteiger partial charge is 0.374 e. The fourth-order valence-electron chi connectivity index (χ4n) is 1.71. The number of benzene rings is 1. The van der Waals surface area contributed by atoms with Gasteiger partial charge in [0.2, 0.25) is 0 Å². The molecular formula is C13H20BrN. The van der Waals surface area contributed by atoms with E-state index in [2.05, 4.69) is 59.9 Å². The lowest BCUT2D eigenvalue weighted by Gasteiger charge is -2.22. The van der Waals surface area contributed by atoms with Gasteiger partial charge in [0, 0.05) is 24.6 Å². The Morgan fingerprint density at radius 2 is 2.07 bits per heavy atom. The second kappa shape index (κ2) is 6.16. The predicted molar refractivity (Wildman–Crippen MR) is 72.0 cm³/mol. The van der Waals surface area contributed by atoms with Gasteiger partial charge in [-0.3, -0.25) is 0 Å². The smallest absolute Gasteiger partial charge is 0.0404 e. The number of hydrogen-bond acceptors (Lipinski definition) is 1. The summed E-state index contributed by atoms with van der Waals surface area (Å²) in [6.45, 7) is 5.51. The van der Waals surface area contributed by atoms with Gasteiger partial charge < -0.3 is 4.90 Å². The van der Waals surface area contributed by atoms with Crippen LogP contribution < -0.4 is 4.90 Å². The van der Waals surface area contributed by atoms with Crippen LogP contribution in [0, 0.1) is 6.92 Å². The Balaban J connectivity index is 2.82. The Bertz CT molecular complexity index is 309. The van der Waals surface area contributed by atoms with E-state index in [0.717, 1.165) is 11.9 Å². The number of halogens is 1. The molecule has 0 unspecified atom stereocenters.